The van der Waals surface area contributed by atoms with Gasteiger partial charge in [-0.05, 0) is 12.8 Å². The second kappa shape index (κ2) is 5.47. The number of amides is 1. The minimum Gasteiger partial charge on any atom is -0.374 e. The zero-order valence-corrected chi connectivity index (χ0v) is 9.13. The zero-order chi connectivity index (χ0) is 10.5. The highest BCUT2D eigenvalue weighted by Crippen LogP contribution is 2.24. The van der Waals surface area contributed by atoms with Crippen LogP contribution in [-0.4, -0.2) is 38.3 Å². The molecule has 1 aliphatic heterocycles. The van der Waals surface area contributed by atoms with Gasteiger partial charge in [-0.2, -0.15) is 0 Å². The molecule has 0 aromatic carbocycles. The summed E-state index contributed by atoms with van der Waals surface area (Å²) in [7, 11) is 0. The first-order chi connectivity index (χ1) is 7.36. The van der Waals surface area contributed by atoms with Gasteiger partial charge in [-0.1, -0.05) is 12.8 Å². The van der Waals surface area contributed by atoms with Gasteiger partial charge in [-0.25, -0.2) is 0 Å². The fourth-order valence-electron chi connectivity index (χ4n) is 2.30. The number of nitrogens with one attached hydrogen (secondary N) is 2. The summed E-state index contributed by atoms with van der Waals surface area (Å²) in [6.07, 6.45) is 4.70. The van der Waals surface area contributed by atoms with Crippen molar-refractivity contribution in [3.8, 4) is 0 Å². The first-order valence-electron chi connectivity index (χ1n) is 5.96. The quantitative estimate of drug-likeness (QED) is 0.706. The molecule has 4 heteroatoms. The Hall–Kier alpha value is -0.610. The van der Waals surface area contributed by atoms with Crippen LogP contribution in [0.25, 0.3) is 0 Å². The third-order valence-corrected chi connectivity index (χ3v) is 3.23. The van der Waals surface area contributed by atoms with E-state index in [4.69, 9.17) is 4.74 Å². The molecule has 0 bridgehead atoms. The third kappa shape index (κ3) is 3.18. The van der Waals surface area contributed by atoms with Crippen LogP contribution in [0.15, 0.2) is 0 Å². The maximum absolute atomic E-state index is 11.7. The molecule has 0 spiro atoms. The van der Waals surface area contributed by atoms with Crippen LogP contribution < -0.4 is 10.6 Å². The smallest absolute Gasteiger partial charge is 0.223 e. The predicted molar refractivity (Wildman–Crippen MR) is 57.6 cm³/mol. The Balaban J connectivity index is 1.65. The fourth-order valence-corrected chi connectivity index (χ4v) is 2.30. The molecule has 1 unspecified atom stereocenters. The van der Waals surface area contributed by atoms with Crippen LogP contribution in [0, 0.1) is 5.92 Å². The Morgan fingerprint density at radius 2 is 2.20 bits per heavy atom. The molecule has 0 radical (unpaired) electrons. The van der Waals surface area contributed by atoms with Gasteiger partial charge in [0.15, 0.2) is 0 Å². The molecule has 86 valence electrons. The number of carbonyl (C=O) groups is 1. The van der Waals surface area contributed by atoms with Gasteiger partial charge in [0.2, 0.25) is 5.91 Å². The first kappa shape index (κ1) is 10.9. The van der Waals surface area contributed by atoms with Crippen molar-refractivity contribution >= 4 is 5.91 Å². The van der Waals surface area contributed by atoms with Gasteiger partial charge in [0.05, 0.1) is 12.7 Å². The van der Waals surface area contributed by atoms with E-state index in [-0.39, 0.29) is 17.9 Å². The maximum Gasteiger partial charge on any atom is 0.223 e. The lowest BCUT2D eigenvalue weighted by molar-refractivity contribution is -0.125. The van der Waals surface area contributed by atoms with Crippen LogP contribution in [0.2, 0.25) is 0 Å². The number of carbonyl (C=O) groups excluding carboxylic acids is 1. The Morgan fingerprint density at radius 3 is 2.87 bits per heavy atom. The molecule has 2 rings (SSSR count). The van der Waals surface area contributed by atoms with Crippen LogP contribution >= 0.6 is 0 Å². The van der Waals surface area contributed by atoms with Gasteiger partial charge in [-0.3, -0.25) is 4.79 Å². The van der Waals surface area contributed by atoms with E-state index >= 15 is 0 Å². The van der Waals surface area contributed by atoms with Gasteiger partial charge in [0.25, 0.3) is 0 Å². The summed E-state index contributed by atoms with van der Waals surface area (Å²) in [6.45, 7) is 3.18. The van der Waals surface area contributed by atoms with Gasteiger partial charge in [-0.15, -0.1) is 0 Å². The van der Waals surface area contributed by atoms with Gasteiger partial charge in [0, 0.05) is 25.6 Å². The normalized spacial score (nSPS) is 27.9. The lowest BCUT2D eigenvalue weighted by Gasteiger charge is -2.24. The highest BCUT2D eigenvalue weighted by atomic mass is 16.5. The Bertz CT molecular complexity index is 209. The van der Waals surface area contributed by atoms with E-state index < -0.39 is 0 Å². The average molecular weight is 212 g/mol. The first-order valence-corrected chi connectivity index (χ1v) is 5.96. The van der Waals surface area contributed by atoms with Crippen molar-refractivity contribution in [2.75, 3.05) is 26.2 Å². The fraction of sp³-hybridized carbons (Fsp3) is 0.909. The average Bonchev–Trinajstić information content (AvgIpc) is 2.81. The van der Waals surface area contributed by atoms with Crippen molar-refractivity contribution in [3.05, 3.63) is 0 Å². The summed E-state index contributed by atoms with van der Waals surface area (Å²) in [4.78, 5) is 11.7. The van der Waals surface area contributed by atoms with Crippen molar-refractivity contribution in [2.45, 2.75) is 31.8 Å². The third-order valence-electron chi connectivity index (χ3n) is 3.23. The van der Waals surface area contributed by atoms with E-state index in [9.17, 15) is 4.79 Å². The van der Waals surface area contributed by atoms with Crippen LogP contribution in [0.3, 0.4) is 0 Å². The molecule has 1 amide bonds. The second-order valence-corrected chi connectivity index (χ2v) is 4.42. The van der Waals surface area contributed by atoms with E-state index in [2.05, 4.69) is 10.6 Å². The van der Waals surface area contributed by atoms with E-state index in [1.807, 2.05) is 0 Å². The molecule has 2 N–H and O–H groups in total. The van der Waals surface area contributed by atoms with Crippen LogP contribution in [-0.2, 0) is 9.53 Å². The molecule has 2 fully saturated rings. The Kier molecular flexibility index (Phi) is 3.97. The summed E-state index contributed by atoms with van der Waals surface area (Å²) in [5.74, 6) is 0.489. The maximum atomic E-state index is 11.7. The minimum atomic E-state index is 0.157. The van der Waals surface area contributed by atoms with Crippen molar-refractivity contribution in [1.82, 2.24) is 10.6 Å². The number of rotatable bonds is 3. The standard InChI is InChI=1S/C11H20N2O2/c14-11(9-3-1-2-4-9)13-8-10-7-12-5-6-15-10/h9-10,12H,1-8H2,(H,13,14). The van der Waals surface area contributed by atoms with Gasteiger partial charge >= 0.3 is 0 Å². The molecule has 4 nitrogen and oxygen atoms in total. The number of hydrogen-bond acceptors (Lipinski definition) is 3. The van der Waals surface area contributed by atoms with Crippen LogP contribution in [0.4, 0.5) is 0 Å². The Labute approximate surface area is 90.8 Å². The van der Waals surface area contributed by atoms with E-state index in [1.54, 1.807) is 0 Å². The number of ether oxygens (including phenoxy) is 1. The molecule has 1 saturated heterocycles. The molecule has 1 saturated carbocycles. The highest BCUT2D eigenvalue weighted by molar-refractivity contribution is 5.78. The molecular weight excluding hydrogens is 192 g/mol. The van der Waals surface area contributed by atoms with E-state index in [1.165, 1.54) is 12.8 Å². The molecular formula is C11H20N2O2. The Morgan fingerprint density at radius 1 is 1.40 bits per heavy atom. The molecule has 0 aromatic rings. The highest BCUT2D eigenvalue weighted by Gasteiger charge is 2.23. The molecule has 1 atom stereocenters. The number of morpholine rings is 1. The van der Waals surface area contributed by atoms with Gasteiger partial charge in [0.1, 0.15) is 0 Å². The van der Waals surface area contributed by atoms with E-state index in [0.29, 0.717) is 6.54 Å². The largest absolute Gasteiger partial charge is 0.374 e. The molecule has 0 aromatic heterocycles. The molecule has 1 aliphatic carbocycles. The molecule has 1 heterocycles. The van der Waals surface area contributed by atoms with Gasteiger partial charge < -0.3 is 15.4 Å². The van der Waals surface area contributed by atoms with Crippen LogP contribution in [0.5, 0.6) is 0 Å². The SMILES string of the molecule is O=C(NCC1CNCCO1)C1CCCC1. The van der Waals surface area contributed by atoms with Crippen molar-refractivity contribution in [2.24, 2.45) is 5.92 Å². The summed E-state index contributed by atoms with van der Waals surface area (Å²) in [6, 6.07) is 0. The summed E-state index contributed by atoms with van der Waals surface area (Å²) < 4.78 is 5.51. The minimum absolute atomic E-state index is 0.157. The summed E-state index contributed by atoms with van der Waals surface area (Å²) in [5, 5.41) is 6.24. The molecule has 15 heavy (non-hydrogen) atoms. The lowest BCUT2D eigenvalue weighted by atomic mass is 10.1. The molecule has 2 aliphatic rings. The van der Waals surface area contributed by atoms with Crippen molar-refractivity contribution in [1.29, 1.82) is 0 Å². The van der Waals surface area contributed by atoms with Crippen molar-refractivity contribution in [3.63, 3.8) is 0 Å². The predicted octanol–water partition coefficient (Wildman–Crippen LogP) is 0.281. The second-order valence-electron chi connectivity index (χ2n) is 4.42. The lowest BCUT2D eigenvalue weighted by Crippen LogP contribution is -2.46. The summed E-state index contributed by atoms with van der Waals surface area (Å²) in [5.41, 5.74) is 0. The van der Waals surface area contributed by atoms with E-state index in [0.717, 1.165) is 32.5 Å². The van der Waals surface area contributed by atoms with Crippen LogP contribution in [0.1, 0.15) is 25.7 Å². The monoisotopic (exact) mass is 212 g/mol. The number of hydrogen-bond donors (Lipinski definition) is 2. The topological polar surface area (TPSA) is 50.4 Å². The van der Waals surface area contributed by atoms with Crippen molar-refractivity contribution < 1.29 is 9.53 Å². The summed E-state index contributed by atoms with van der Waals surface area (Å²) >= 11 is 0. The zero-order valence-electron chi connectivity index (χ0n) is 9.13.